The fraction of sp³-hybridized carbons (Fsp3) is 0.250. The van der Waals surface area contributed by atoms with Gasteiger partial charge >= 0.3 is 0 Å². The zero-order chi connectivity index (χ0) is 19.6. The van der Waals surface area contributed by atoms with Crippen molar-refractivity contribution in [1.29, 1.82) is 0 Å². The van der Waals surface area contributed by atoms with Crippen LogP contribution >= 0.6 is 0 Å². The molecule has 2 rings (SSSR count). The lowest BCUT2D eigenvalue weighted by atomic mass is 10.1. The molecule has 0 spiro atoms. The van der Waals surface area contributed by atoms with Gasteiger partial charge in [-0.2, -0.15) is 0 Å². The van der Waals surface area contributed by atoms with Crippen molar-refractivity contribution in [1.82, 2.24) is 0 Å². The molecule has 138 valence electrons. The quantitative estimate of drug-likeness (QED) is 0.560. The van der Waals surface area contributed by atoms with E-state index in [9.17, 15) is 28.6 Å². The zero-order valence-electron chi connectivity index (χ0n) is 14.4. The van der Waals surface area contributed by atoms with Crippen molar-refractivity contribution in [2.45, 2.75) is 25.7 Å². The fourth-order valence-electron chi connectivity index (χ4n) is 2.65. The molecule has 0 heterocycles. The molecule has 0 aromatic heterocycles. The lowest BCUT2D eigenvalue weighted by Gasteiger charge is -2.25. The highest BCUT2D eigenvalue weighted by Crippen LogP contribution is 2.33. The van der Waals surface area contributed by atoms with Crippen LogP contribution < -0.4 is 4.31 Å². The smallest absolute Gasteiger partial charge is 0.266 e. The highest BCUT2D eigenvalue weighted by Gasteiger charge is 2.29. The summed E-state index contributed by atoms with van der Waals surface area (Å²) in [4.78, 5) is 20.7. The predicted molar refractivity (Wildman–Crippen MR) is 95.9 cm³/mol. The minimum atomic E-state index is -4.15. The van der Waals surface area contributed by atoms with Gasteiger partial charge in [-0.25, -0.2) is 8.42 Å². The number of nitro benzene ring substituents is 2. The number of rotatable bonds is 6. The first-order chi connectivity index (χ1) is 12.1. The van der Waals surface area contributed by atoms with Crippen molar-refractivity contribution in [3.63, 3.8) is 0 Å². The molecule has 0 atom stereocenters. The van der Waals surface area contributed by atoms with Crippen LogP contribution in [0.1, 0.15) is 18.1 Å². The number of anilines is 1. The molecule has 0 saturated carbocycles. The number of nitro groups is 2. The molecule has 0 aliphatic heterocycles. The molecule has 0 amide bonds. The molecular weight excluding hydrogens is 362 g/mol. The number of nitrogens with zero attached hydrogens (tertiary/aromatic N) is 3. The maximum absolute atomic E-state index is 13.1. The van der Waals surface area contributed by atoms with E-state index >= 15 is 0 Å². The third-order valence-corrected chi connectivity index (χ3v) is 6.01. The third-order valence-electron chi connectivity index (χ3n) is 3.98. The van der Waals surface area contributed by atoms with E-state index in [1.807, 2.05) is 0 Å². The largest absolute Gasteiger partial charge is 0.274 e. The van der Waals surface area contributed by atoms with Gasteiger partial charge in [0, 0.05) is 24.7 Å². The summed E-state index contributed by atoms with van der Waals surface area (Å²) in [7, 11) is -4.15. The van der Waals surface area contributed by atoms with E-state index in [2.05, 4.69) is 0 Å². The van der Waals surface area contributed by atoms with Gasteiger partial charge in [0.15, 0.2) is 0 Å². The summed E-state index contributed by atoms with van der Waals surface area (Å²) in [5.74, 6) is 0. The summed E-state index contributed by atoms with van der Waals surface area (Å²) in [6, 6.07) is 7.75. The Morgan fingerprint density at radius 3 is 2.23 bits per heavy atom. The summed E-state index contributed by atoms with van der Waals surface area (Å²) < 4.78 is 27.3. The van der Waals surface area contributed by atoms with E-state index in [4.69, 9.17) is 0 Å². The summed E-state index contributed by atoms with van der Waals surface area (Å²) in [5, 5.41) is 22.1. The van der Waals surface area contributed by atoms with Gasteiger partial charge in [0.1, 0.15) is 0 Å². The van der Waals surface area contributed by atoms with Crippen LogP contribution in [0.5, 0.6) is 0 Å². The van der Waals surface area contributed by atoms with Crippen LogP contribution in [0.3, 0.4) is 0 Å². The minimum absolute atomic E-state index is 0.00642. The van der Waals surface area contributed by atoms with Crippen LogP contribution in [0.4, 0.5) is 17.1 Å². The van der Waals surface area contributed by atoms with Gasteiger partial charge in [-0.1, -0.05) is 12.1 Å². The Morgan fingerprint density at radius 1 is 1.04 bits per heavy atom. The molecule has 0 fully saturated rings. The van der Waals surface area contributed by atoms with Gasteiger partial charge in [0.05, 0.1) is 26.0 Å². The van der Waals surface area contributed by atoms with Gasteiger partial charge in [-0.3, -0.25) is 24.5 Å². The number of non-ortho nitro benzene ring substituents is 1. The Hall–Kier alpha value is -3.01. The number of sulfonamides is 1. The number of hydrogen-bond acceptors (Lipinski definition) is 6. The highest BCUT2D eigenvalue weighted by molar-refractivity contribution is 7.92. The van der Waals surface area contributed by atoms with E-state index in [-0.39, 0.29) is 34.1 Å². The van der Waals surface area contributed by atoms with Crippen LogP contribution in [0, 0.1) is 34.1 Å². The molecule has 0 saturated heterocycles. The lowest BCUT2D eigenvalue weighted by Crippen LogP contribution is -2.32. The molecule has 0 bridgehead atoms. The van der Waals surface area contributed by atoms with Gasteiger partial charge in [0.25, 0.3) is 21.4 Å². The Balaban J connectivity index is 2.68. The van der Waals surface area contributed by atoms with Crippen LogP contribution in [0.25, 0.3) is 0 Å². The number of benzene rings is 2. The Bertz CT molecular complexity index is 987. The van der Waals surface area contributed by atoms with Crippen LogP contribution in [-0.2, 0) is 10.0 Å². The molecular formula is C16H17N3O6S. The first kappa shape index (κ1) is 19.3. The van der Waals surface area contributed by atoms with Gasteiger partial charge in [0.2, 0.25) is 0 Å². The van der Waals surface area contributed by atoms with E-state index in [1.54, 1.807) is 6.92 Å². The third kappa shape index (κ3) is 3.36. The first-order valence-corrected chi connectivity index (χ1v) is 9.07. The molecule has 9 nitrogen and oxygen atoms in total. The summed E-state index contributed by atoms with van der Waals surface area (Å²) in [5.41, 5.74) is 0.156. The summed E-state index contributed by atoms with van der Waals surface area (Å²) in [6.45, 7) is 4.59. The van der Waals surface area contributed by atoms with Gasteiger partial charge in [-0.05, 0) is 32.4 Å². The second-order valence-corrected chi connectivity index (χ2v) is 7.39. The van der Waals surface area contributed by atoms with E-state index in [0.717, 1.165) is 10.4 Å². The SMILES string of the molecule is CCN(c1cccc([N+](=O)[O-])c1C)S(=O)(=O)c1cc([N+](=O)[O-])ccc1C. The minimum Gasteiger partial charge on any atom is -0.266 e. The average molecular weight is 379 g/mol. The van der Waals surface area contributed by atoms with Crippen LogP contribution in [0.15, 0.2) is 41.3 Å². The molecule has 10 heteroatoms. The number of hydrogen-bond donors (Lipinski definition) is 0. The van der Waals surface area contributed by atoms with Crippen molar-refractivity contribution in [2.75, 3.05) is 10.8 Å². The Labute approximate surface area is 150 Å². The van der Waals surface area contributed by atoms with E-state index < -0.39 is 19.9 Å². The molecule has 0 N–H and O–H groups in total. The second kappa shape index (κ2) is 7.08. The van der Waals surface area contributed by atoms with Crippen molar-refractivity contribution in [2.24, 2.45) is 0 Å². The van der Waals surface area contributed by atoms with Crippen molar-refractivity contribution >= 4 is 27.1 Å². The topological polar surface area (TPSA) is 124 Å². The lowest BCUT2D eigenvalue weighted by molar-refractivity contribution is -0.385. The Morgan fingerprint density at radius 2 is 1.69 bits per heavy atom. The highest BCUT2D eigenvalue weighted by atomic mass is 32.2. The van der Waals surface area contributed by atoms with Crippen LogP contribution in [0.2, 0.25) is 0 Å². The normalized spacial score (nSPS) is 11.2. The molecule has 26 heavy (non-hydrogen) atoms. The fourth-order valence-corrected chi connectivity index (χ4v) is 4.43. The zero-order valence-corrected chi connectivity index (χ0v) is 15.2. The van der Waals surface area contributed by atoms with E-state index in [1.165, 1.54) is 44.2 Å². The molecule has 2 aromatic carbocycles. The van der Waals surface area contributed by atoms with E-state index in [0.29, 0.717) is 5.56 Å². The molecule has 2 aromatic rings. The molecule has 0 aliphatic carbocycles. The standard InChI is InChI=1S/C16H17N3O6S/c1-4-17(14-6-5-7-15(12(14)3)19(22)23)26(24,25)16-10-13(18(20)21)9-8-11(16)2/h5-10H,4H2,1-3H3. The van der Waals surface area contributed by atoms with Crippen molar-refractivity contribution < 1.29 is 18.3 Å². The first-order valence-electron chi connectivity index (χ1n) is 7.63. The van der Waals surface area contributed by atoms with Gasteiger partial charge in [-0.15, -0.1) is 0 Å². The molecule has 0 unspecified atom stereocenters. The van der Waals surface area contributed by atoms with Crippen molar-refractivity contribution in [3.05, 3.63) is 67.8 Å². The number of aryl methyl sites for hydroxylation is 1. The second-order valence-electron chi connectivity index (χ2n) is 5.56. The molecule has 0 radical (unpaired) electrons. The average Bonchev–Trinajstić information content (AvgIpc) is 2.56. The molecule has 0 aliphatic rings. The Kier molecular flexibility index (Phi) is 5.26. The predicted octanol–water partition coefficient (Wildman–Crippen LogP) is 3.34. The summed E-state index contributed by atoms with van der Waals surface area (Å²) >= 11 is 0. The maximum Gasteiger partial charge on any atom is 0.274 e. The summed E-state index contributed by atoms with van der Waals surface area (Å²) in [6.07, 6.45) is 0. The van der Waals surface area contributed by atoms with Crippen LogP contribution in [-0.4, -0.2) is 24.8 Å². The van der Waals surface area contributed by atoms with Crippen molar-refractivity contribution in [3.8, 4) is 0 Å². The maximum atomic E-state index is 13.1. The monoisotopic (exact) mass is 379 g/mol. The van der Waals surface area contributed by atoms with Gasteiger partial charge < -0.3 is 0 Å².